The fraction of sp³-hybridized carbons (Fsp3) is 0.120. The number of para-hydroxylation sites is 3. The first-order chi connectivity index (χ1) is 15.6. The van der Waals surface area contributed by atoms with E-state index in [0.29, 0.717) is 35.2 Å². The molecule has 160 valence electrons. The largest absolute Gasteiger partial charge is 0.352 e. The van der Waals surface area contributed by atoms with E-state index in [4.69, 9.17) is 0 Å². The molecule has 4 aromatic rings. The van der Waals surface area contributed by atoms with Crippen LogP contribution in [0.1, 0.15) is 15.9 Å². The molecule has 0 fully saturated rings. The molecule has 0 radical (unpaired) electrons. The average molecular weight is 426 g/mol. The first-order valence-corrected chi connectivity index (χ1v) is 10.3. The van der Waals surface area contributed by atoms with E-state index in [1.54, 1.807) is 42.5 Å². The molecular weight excluding hydrogens is 404 g/mol. The van der Waals surface area contributed by atoms with Gasteiger partial charge < -0.3 is 10.6 Å². The molecule has 0 saturated carbocycles. The highest BCUT2D eigenvalue weighted by atomic mass is 16.2. The first-order valence-electron chi connectivity index (χ1n) is 10.3. The number of benzene rings is 3. The summed E-state index contributed by atoms with van der Waals surface area (Å²) >= 11 is 0. The lowest BCUT2D eigenvalue weighted by Gasteiger charge is -2.13. The zero-order valence-electron chi connectivity index (χ0n) is 17.3. The predicted octanol–water partition coefficient (Wildman–Crippen LogP) is 3.01. The smallest absolute Gasteiger partial charge is 0.269 e. The number of rotatable bonds is 7. The van der Waals surface area contributed by atoms with Crippen LogP contribution in [-0.4, -0.2) is 27.9 Å². The number of anilines is 1. The van der Waals surface area contributed by atoms with Gasteiger partial charge in [-0.15, -0.1) is 0 Å². The summed E-state index contributed by atoms with van der Waals surface area (Å²) in [6.45, 7) is 0.287. The molecule has 0 aliphatic rings. The van der Waals surface area contributed by atoms with E-state index in [1.165, 1.54) is 10.8 Å². The van der Waals surface area contributed by atoms with E-state index in [0.717, 1.165) is 5.56 Å². The highest BCUT2D eigenvalue weighted by Gasteiger charge is 2.14. The first kappa shape index (κ1) is 21.0. The Hall–Kier alpha value is -4.26. The number of nitrogens with zero attached hydrogens (tertiary/aromatic N) is 2. The Morgan fingerprint density at radius 2 is 1.59 bits per heavy atom. The van der Waals surface area contributed by atoms with E-state index in [1.807, 2.05) is 36.4 Å². The van der Waals surface area contributed by atoms with Gasteiger partial charge in [-0.05, 0) is 36.2 Å². The van der Waals surface area contributed by atoms with E-state index < -0.39 is 5.91 Å². The molecule has 0 atom stereocenters. The van der Waals surface area contributed by atoms with Crippen LogP contribution in [0.25, 0.3) is 11.0 Å². The van der Waals surface area contributed by atoms with Crippen molar-refractivity contribution in [3.8, 4) is 0 Å². The molecule has 0 aliphatic carbocycles. The highest BCUT2D eigenvalue weighted by Crippen LogP contribution is 2.16. The van der Waals surface area contributed by atoms with E-state index in [2.05, 4.69) is 15.6 Å². The van der Waals surface area contributed by atoms with Crippen molar-refractivity contribution in [3.63, 3.8) is 0 Å². The average Bonchev–Trinajstić information content (AvgIpc) is 2.82. The summed E-state index contributed by atoms with van der Waals surface area (Å²) in [5.74, 6) is -0.684. The normalized spacial score (nSPS) is 10.6. The molecular formula is C25H22N4O3. The quantitative estimate of drug-likeness (QED) is 0.475. The summed E-state index contributed by atoms with van der Waals surface area (Å²) in [4.78, 5) is 41.8. The number of nitrogens with one attached hydrogen (secondary N) is 2. The molecule has 0 unspecified atom stereocenters. The maximum absolute atomic E-state index is 12.7. The minimum Gasteiger partial charge on any atom is -0.352 e. The number of carbonyl (C=O) groups excluding carboxylic acids is 2. The van der Waals surface area contributed by atoms with E-state index in [9.17, 15) is 14.4 Å². The van der Waals surface area contributed by atoms with E-state index in [-0.39, 0.29) is 18.0 Å². The van der Waals surface area contributed by atoms with Crippen molar-refractivity contribution in [1.29, 1.82) is 0 Å². The monoisotopic (exact) mass is 426 g/mol. The number of carbonyl (C=O) groups is 2. The summed E-state index contributed by atoms with van der Waals surface area (Å²) in [7, 11) is 0. The summed E-state index contributed by atoms with van der Waals surface area (Å²) < 4.78 is 1.36. The molecule has 0 saturated heterocycles. The molecule has 0 spiro atoms. The van der Waals surface area contributed by atoms with Gasteiger partial charge in [0, 0.05) is 6.54 Å². The molecule has 7 heteroatoms. The number of aromatic nitrogens is 2. The molecule has 1 aromatic heterocycles. The molecule has 3 aromatic carbocycles. The zero-order valence-corrected chi connectivity index (χ0v) is 17.3. The lowest BCUT2D eigenvalue weighted by molar-refractivity contribution is -0.116. The highest BCUT2D eigenvalue weighted by molar-refractivity contribution is 6.03. The maximum atomic E-state index is 12.7. The van der Waals surface area contributed by atoms with Crippen molar-refractivity contribution in [2.24, 2.45) is 0 Å². The fourth-order valence-corrected chi connectivity index (χ4v) is 3.46. The summed E-state index contributed by atoms with van der Waals surface area (Å²) in [6.07, 6.45) is 1.91. The van der Waals surface area contributed by atoms with Gasteiger partial charge in [-0.1, -0.05) is 54.6 Å². The van der Waals surface area contributed by atoms with Gasteiger partial charge >= 0.3 is 0 Å². The Morgan fingerprint density at radius 3 is 2.44 bits per heavy atom. The van der Waals surface area contributed by atoms with Crippen molar-refractivity contribution in [2.45, 2.75) is 13.0 Å². The summed E-state index contributed by atoms with van der Waals surface area (Å²) in [5.41, 5.74) is 2.71. The minimum absolute atomic E-state index is 0.189. The van der Waals surface area contributed by atoms with Gasteiger partial charge in [0.25, 0.3) is 11.5 Å². The number of hydrogen-bond donors (Lipinski definition) is 2. The molecule has 7 nitrogen and oxygen atoms in total. The van der Waals surface area contributed by atoms with Gasteiger partial charge in [-0.2, -0.15) is 0 Å². The molecule has 2 amide bonds. The Morgan fingerprint density at radius 1 is 0.875 bits per heavy atom. The van der Waals surface area contributed by atoms with Crippen LogP contribution in [0.2, 0.25) is 0 Å². The third kappa shape index (κ3) is 4.89. The molecule has 2 N–H and O–H groups in total. The molecule has 4 rings (SSSR count). The lowest BCUT2D eigenvalue weighted by Crippen LogP contribution is -2.30. The van der Waals surface area contributed by atoms with Gasteiger partial charge in [0.2, 0.25) is 5.91 Å². The van der Waals surface area contributed by atoms with Crippen molar-refractivity contribution < 1.29 is 9.59 Å². The SMILES string of the molecule is O=C(Cn1c(=O)cnc2ccccc21)Nc1ccccc1C(=O)NCCc1ccccc1. The predicted molar refractivity (Wildman–Crippen MR) is 124 cm³/mol. The third-order valence-corrected chi connectivity index (χ3v) is 5.04. The van der Waals surface area contributed by atoms with Gasteiger partial charge in [-0.3, -0.25) is 19.0 Å². The summed E-state index contributed by atoms with van der Waals surface area (Å²) in [6, 6.07) is 23.8. The topological polar surface area (TPSA) is 93.1 Å². The van der Waals surface area contributed by atoms with Crippen LogP contribution in [0.3, 0.4) is 0 Å². The van der Waals surface area contributed by atoms with Gasteiger partial charge in [0.05, 0.1) is 28.5 Å². The van der Waals surface area contributed by atoms with Crippen LogP contribution >= 0.6 is 0 Å². The van der Waals surface area contributed by atoms with Gasteiger partial charge in [0.15, 0.2) is 0 Å². The van der Waals surface area contributed by atoms with Crippen molar-refractivity contribution >= 4 is 28.5 Å². The molecule has 1 heterocycles. The number of amides is 2. The van der Waals surface area contributed by atoms with Crippen LogP contribution in [0.5, 0.6) is 0 Å². The van der Waals surface area contributed by atoms with Crippen molar-refractivity contribution in [1.82, 2.24) is 14.9 Å². The number of hydrogen-bond acceptors (Lipinski definition) is 4. The minimum atomic E-state index is -0.409. The maximum Gasteiger partial charge on any atom is 0.269 e. The molecule has 32 heavy (non-hydrogen) atoms. The van der Waals surface area contributed by atoms with Gasteiger partial charge in [-0.25, -0.2) is 4.98 Å². The van der Waals surface area contributed by atoms with Crippen LogP contribution in [-0.2, 0) is 17.8 Å². The Kier molecular flexibility index (Phi) is 6.36. The second kappa shape index (κ2) is 9.70. The Labute approximate surface area is 184 Å². The third-order valence-electron chi connectivity index (χ3n) is 5.04. The van der Waals surface area contributed by atoms with Crippen LogP contribution in [0, 0.1) is 0 Å². The fourth-order valence-electron chi connectivity index (χ4n) is 3.46. The van der Waals surface area contributed by atoms with E-state index >= 15 is 0 Å². The number of fused-ring (bicyclic) bond motifs is 1. The second-order valence-corrected chi connectivity index (χ2v) is 7.26. The van der Waals surface area contributed by atoms with Crippen molar-refractivity contribution in [2.75, 3.05) is 11.9 Å². The zero-order chi connectivity index (χ0) is 22.3. The second-order valence-electron chi connectivity index (χ2n) is 7.26. The Balaban J connectivity index is 1.45. The standard InChI is InChI=1S/C25H22N4O3/c30-23(17-29-22-13-7-6-12-21(22)27-16-24(29)31)28-20-11-5-4-10-19(20)25(32)26-15-14-18-8-2-1-3-9-18/h1-13,16H,14-15,17H2,(H,26,32)(H,28,30). The van der Waals surface area contributed by atoms with Crippen molar-refractivity contribution in [3.05, 3.63) is 107 Å². The van der Waals surface area contributed by atoms with Crippen LogP contribution < -0.4 is 16.2 Å². The van der Waals surface area contributed by atoms with Crippen LogP contribution in [0.4, 0.5) is 5.69 Å². The molecule has 0 bridgehead atoms. The lowest BCUT2D eigenvalue weighted by atomic mass is 10.1. The summed E-state index contributed by atoms with van der Waals surface area (Å²) in [5, 5.41) is 5.65. The van der Waals surface area contributed by atoms with Crippen LogP contribution in [0.15, 0.2) is 89.9 Å². The molecule has 0 aliphatic heterocycles. The Bertz CT molecular complexity index is 1320. The van der Waals surface area contributed by atoms with Gasteiger partial charge in [0.1, 0.15) is 6.54 Å².